The van der Waals surface area contributed by atoms with Crippen LogP contribution in [-0.2, 0) is 4.79 Å². The second-order valence-electron chi connectivity index (χ2n) is 6.46. The van der Waals surface area contributed by atoms with Gasteiger partial charge < -0.3 is 4.74 Å². The molecule has 122 valence electrons. The minimum absolute atomic E-state index is 0.0487. The second kappa shape index (κ2) is 6.07. The first-order valence-corrected chi connectivity index (χ1v) is 7.98. The number of rotatable bonds is 5. The summed E-state index contributed by atoms with van der Waals surface area (Å²) in [6.07, 6.45) is 0.900. The Morgan fingerprint density at radius 3 is 2.61 bits per heavy atom. The summed E-state index contributed by atoms with van der Waals surface area (Å²) in [6, 6.07) is 9.93. The molecule has 1 amide bonds. The van der Waals surface area contributed by atoms with Crippen LogP contribution in [0, 0.1) is 5.92 Å². The maximum atomic E-state index is 12.6. The highest BCUT2D eigenvalue weighted by molar-refractivity contribution is 5.96. The Labute approximate surface area is 136 Å². The van der Waals surface area contributed by atoms with Crippen molar-refractivity contribution in [3.63, 3.8) is 0 Å². The van der Waals surface area contributed by atoms with E-state index in [1.807, 2.05) is 30.3 Å². The van der Waals surface area contributed by atoms with Crippen LogP contribution >= 0.6 is 0 Å². The van der Waals surface area contributed by atoms with Crippen LogP contribution in [0.25, 0.3) is 0 Å². The van der Waals surface area contributed by atoms with Crippen molar-refractivity contribution in [3.8, 4) is 5.75 Å². The van der Waals surface area contributed by atoms with E-state index in [0.29, 0.717) is 17.7 Å². The van der Waals surface area contributed by atoms with Crippen molar-refractivity contribution >= 4 is 11.7 Å². The molecule has 23 heavy (non-hydrogen) atoms. The fourth-order valence-corrected chi connectivity index (χ4v) is 2.84. The van der Waals surface area contributed by atoms with E-state index < -0.39 is 0 Å². The van der Waals surface area contributed by atoms with E-state index >= 15 is 0 Å². The van der Waals surface area contributed by atoms with Gasteiger partial charge in [0, 0.05) is 24.7 Å². The Hall–Kier alpha value is -2.30. The van der Waals surface area contributed by atoms with E-state index in [-0.39, 0.29) is 11.8 Å². The summed E-state index contributed by atoms with van der Waals surface area (Å²) in [5.41, 5.74) is 2.24. The summed E-state index contributed by atoms with van der Waals surface area (Å²) in [4.78, 5) is 14.3. The topological polar surface area (TPSA) is 58.2 Å². The molecule has 3 rings (SSSR count). The molecular formula is C18H23N3O2. The average Bonchev–Trinajstić information content (AvgIpc) is 3.20. The third kappa shape index (κ3) is 3.09. The Morgan fingerprint density at radius 1 is 1.35 bits per heavy atom. The van der Waals surface area contributed by atoms with Gasteiger partial charge in [0.05, 0.1) is 7.11 Å². The van der Waals surface area contributed by atoms with Crippen LogP contribution in [0.1, 0.15) is 43.4 Å². The molecule has 0 saturated heterocycles. The standard InChI is InChI=1S/C18H23N3O2/c1-11(2)16-10-17(20-19-16)21(3)18(22)15-9-14(15)12-5-7-13(23-4)8-6-12/h5-8,10-11,14-15H,9H2,1-4H3,(H,19,20)/t14-,15+/m1/s1. The molecule has 5 heteroatoms. The molecule has 0 radical (unpaired) electrons. The number of anilines is 1. The fraction of sp³-hybridized carbons (Fsp3) is 0.444. The Bertz CT molecular complexity index is 691. The number of aromatic nitrogens is 2. The molecule has 1 aromatic heterocycles. The van der Waals surface area contributed by atoms with E-state index in [1.165, 1.54) is 5.56 Å². The molecule has 1 aliphatic rings. The third-order valence-electron chi connectivity index (χ3n) is 4.53. The maximum absolute atomic E-state index is 12.6. The number of H-pyrrole nitrogens is 1. The van der Waals surface area contributed by atoms with Gasteiger partial charge in [-0.3, -0.25) is 14.8 Å². The third-order valence-corrected chi connectivity index (χ3v) is 4.53. The fourth-order valence-electron chi connectivity index (χ4n) is 2.84. The van der Waals surface area contributed by atoms with Gasteiger partial charge in [-0.25, -0.2) is 0 Å². The Morgan fingerprint density at radius 2 is 2.04 bits per heavy atom. The molecule has 5 nitrogen and oxygen atoms in total. The second-order valence-corrected chi connectivity index (χ2v) is 6.46. The summed E-state index contributed by atoms with van der Waals surface area (Å²) in [5, 5.41) is 7.25. The molecular weight excluding hydrogens is 290 g/mol. The maximum Gasteiger partial charge on any atom is 0.231 e. The number of nitrogens with zero attached hydrogens (tertiary/aromatic N) is 2. The van der Waals surface area contributed by atoms with E-state index in [0.717, 1.165) is 17.9 Å². The van der Waals surface area contributed by atoms with Crippen LogP contribution < -0.4 is 9.64 Å². The quantitative estimate of drug-likeness (QED) is 0.921. The molecule has 1 N–H and O–H groups in total. The molecule has 1 heterocycles. The number of nitrogens with one attached hydrogen (secondary N) is 1. The number of carbonyl (C=O) groups is 1. The zero-order valence-electron chi connectivity index (χ0n) is 14.0. The van der Waals surface area contributed by atoms with Crippen molar-refractivity contribution in [2.45, 2.75) is 32.1 Å². The molecule has 0 bridgehead atoms. The van der Waals surface area contributed by atoms with Crippen LogP contribution in [0.3, 0.4) is 0 Å². The first kappa shape index (κ1) is 15.6. The van der Waals surface area contributed by atoms with Crippen molar-refractivity contribution < 1.29 is 9.53 Å². The minimum Gasteiger partial charge on any atom is -0.497 e. The van der Waals surface area contributed by atoms with Gasteiger partial charge >= 0.3 is 0 Å². The SMILES string of the molecule is COc1ccc([C@H]2C[C@@H]2C(=O)N(C)c2cc(C(C)C)[nH]n2)cc1. The monoisotopic (exact) mass is 313 g/mol. The number of aromatic amines is 1. The Kier molecular flexibility index (Phi) is 4.11. The van der Waals surface area contributed by atoms with Crippen LogP contribution in [-0.4, -0.2) is 30.3 Å². The van der Waals surface area contributed by atoms with Gasteiger partial charge in [0.2, 0.25) is 5.91 Å². The van der Waals surface area contributed by atoms with Gasteiger partial charge in [0.15, 0.2) is 5.82 Å². The molecule has 1 saturated carbocycles. The number of hydrogen-bond acceptors (Lipinski definition) is 3. The summed E-state index contributed by atoms with van der Waals surface area (Å²) in [5.74, 6) is 2.39. The van der Waals surface area contributed by atoms with Crippen LogP contribution in [0.15, 0.2) is 30.3 Å². The highest BCUT2D eigenvalue weighted by Gasteiger charge is 2.45. The molecule has 1 fully saturated rings. The molecule has 1 aromatic carbocycles. The van der Waals surface area contributed by atoms with E-state index in [4.69, 9.17) is 4.74 Å². The largest absolute Gasteiger partial charge is 0.497 e. The lowest BCUT2D eigenvalue weighted by atomic mass is 10.1. The van der Waals surface area contributed by atoms with Gasteiger partial charge in [-0.05, 0) is 36.0 Å². The Balaban J connectivity index is 1.66. The van der Waals surface area contributed by atoms with Crippen LogP contribution in [0.2, 0.25) is 0 Å². The zero-order valence-corrected chi connectivity index (χ0v) is 14.0. The summed E-state index contributed by atoms with van der Waals surface area (Å²) < 4.78 is 5.17. The van der Waals surface area contributed by atoms with Gasteiger partial charge in [0.1, 0.15) is 5.75 Å². The van der Waals surface area contributed by atoms with Crippen molar-refractivity contribution in [2.24, 2.45) is 5.92 Å². The lowest BCUT2D eigenvalue weighted by molar-refractivity contribution is -0.119. The molecule has 0 unspecified atom stereocenters. The van der Waals surface area contributed by atoms with E-state index in [9.17, 15) is 4.79 Å². The van der Waals surface area contributed by atoms with Crippen molar-refractivity contribution in [2.75, 3.05) is 19.1 Å². The van der Waals surface area contributed by atoms with Gasteiger partial charge in [-0.15, -0.1) is 0 Å². The molecule has 0 aliphatic heterocycles. The first-order valence-electron chi connectivity index (χ1n) is 7.98. The predicted molar refractivity (Wildman–Crippen MR) is 89.9 cm³/mol. The number of benzene rings is 1. The summed E-state index contributed by atoms with van der Waals surface area (Å²) in [6.45, 7) is 4.19. The number of methoxy groups -OCH3 is 1. The number of ether oxygens (including phenoxy) is 1. The lowest BCUT2D eigenvalue weighted by Gasteiger charge is -2.14. The zero-order chi connectivity index (χ0) is 16.6. The van der Waals surface area contributed by atoms with Gasteiger partial charge in [-0.1, -0.05) is 26.0 Å². The average molecular weight is 313 g/mol. The van der Waals surface area contributed by atoms with E-state index in [1.54, 1.807) is 19.1 Å². The van der Waals surface area contributed by atoms with Crippen molar-refractivity contribution in [1.82, 2.24) is 10.2 Å². The molecule has 1 aliphatic carbocycles. The van der Waals surface area contributed by atoms with Crippen molar-refractivity contribution in [1.29, 1.82) is 0 Å². The summed E-state index contributed by atoms with van der Waals surface area (Å²) in [7, 11) is 3.45. The number of hydrogen-bond donors (Lipinski definition) is 1. The highest BCUT2D eigenvalue weighted by Crippen LogP contribution is 2.48. The first-order chi connectivity index (χ1) is 11.0. The minimum atomic E-state index is 0.0487. The number of carbonyl (C=O) groups excluding carboxylic acids is 1. The van der Waals surface area contributed by atoms with Crippen LogP contribution in [0.5, 0.6) is 5.75 Å². The van der Waals surface area contributed by atoms with Crippen molar-refractivity contribution in [3.05, 3.63) is 41.6 Å². The van der Waals surface area contributed by atoms with Gasteiger partial charge in [-0.2, -0.15) is 5.10 Å². The molecule has 0 spiro atoms. The highest BCUT2D eigenvalue weighted by atomic mass is 16.5. The predicted octanol–water partition coefficient (Wildman–Crippen LogP) is 3.31. The summed E-state index contributed by atoms with van der Waals surface area (Å²) >= 11 is 0. The smallest absolute Gasteiger partial charge is 0.231 e. The van der Waals surface area contributed by atoms with Crippen LogP contribution in [0.4, 0.5) is 5.82 Å². The van der Waals surface area contributed by atoms with Gasteiger partial charge in [0.25, 0.3) is 0 Å². The number of amides is 1. The lowest BCUT2D eigenvalue weighted by Crippen LogP contribution is -2.28. The molecule has 2 atom stereocenters. The van der Waals surface area contributed by atoms with E-state index in [2.05, 4.69) is 24.0 Å². The normalized spacial score (nSPS) is 19.7. The molecule has 2 aromatic rings.